The fraction of sp³-hybridized carbons (Fsp3) is 0.316. The lowest BCUT2D eigenvalue weighted by atomic mass is 9.99. The second kappa shape index (κ2) is 7.18. The van der Waals surface area contributed by atoms with E-state index in [9.17, 15) is 4.79 Å². The SMILES string of the molecule is Cc1ccccc1C1CCCN1C(=O)COc1ccc(Br)cc1. The predicted octanol–water partition coefficient (Wildman–Crippen LogP) is 4.50. The molecule has 2 aromatic rings. The van der Waals surface area contributed by atoms with Gasteiger partial charge in [0.15, 0.2) is 6.61 Å². The monoisotopic (exact) mass is 373 g/mol. The van der Waals surface area contributed by atoms with Gasteiger partial charge in [0.1, 0.15) is 5.75 Å². The molecule has 0 aliphatic carbocycles. The van der Waals surface area contributed by atoms with E-state index in [1.54, 1.807) is 0 Å². The zero-order valence-electron chi connectivity index (χ0n) is 13.2. The van der Waals surface area contributed by atoms with Gasteiger partial charge >= 0.3 is 0 Å². The molecular weight excluding hydrogens is 354 g/mol. The summed E-state index contributed by atoms with van der Waals surface area (Å²) in [6.07, 6.45) is 2.07. The number of hydrogen-bond acceptors (Lipinski definition) is 2. The van der Waals surface area contributed by atoms with E-state index in [1.807, 2.05) is 41.3 Å². The van der Waals surface area contributed by atoms with Crippen LogP contribution in [0.2, 0.25) is 0 Å². The van der Waals surface area contributed by atoms with E-state index < -0.39 is 0 Å². The van der Waals surface area contributed by atoms with Crippen molar-refractivity contribution in [1.29, 1.82) is 0 Å². The summed E-state index contributed by atoms with van der Waals surface area (Å²) in [5.74, 6) is 0.770. The van der Waals surface area contributed by atoms with Gasteiger partial charge in [0.2, 0.25) is 0 Å². The van der Waals surface area contributed by atoms with Crippen molar-refractivity contribution < 1.29 is 9.53 Å². The molecular formula is C19H20BrNO2. The Bertz CT molecular complexity index is 684. The molecule has 0 aromatic heterocycles. The van der Waals surface area contributed by atoms with E-state index in [-0.39, 0.29) is 18.6 Å². The summed E-state index contributed by atoms with van der Waals surface area (Å²) in [6.45, 7) is 3.00. The average molecular weight is 374 g/mol. The Balaban J connectivity index is 1.66. The molecule has 1 unspecified atom stereocenters. The summed E-state index contributed by atoms with van der Waals surface area (Å²) in [4.78, 5) is 14.5. The predicted molar refractivity (Wildman–Crippen MR) is 94.5 cm³/mol. The van der Waals surface area contributed by atoms with Crippen molar-refractivity contribution in [2.24, 2.45) is 0 Å². The molecule has 0 bridgehead atoms. The van der Waals surface area contributed by atoms with Crippen molar-refractivity contribution in [3.63, 3.8) is 0 Å². The third-order valence-corrected chi connectivity index (χ3v) is 4.83. The fourth-order valence-corrected chi connectivity index (χ4v) is 3.37. The molecule has 0 radical (unpaired) electrons. The molecule has 1 heterocycles. The largest absolute Gasteiger partial charge is 0.484 e. The summed E-state index contributed by atoms with van der Waals surface area (Å²) < 4.78 is 6.63. The van der Waals surface area contributed by atoms with Crippen LogP contribution in [0.4, 0.5) is 0 Å². The number of carbonyl (C=O) groups excluding carboxylic acids is 1. The topological polar surface area (TPSA) is 29.5 Å². The number of rotatable bonds is 4. The van der Waals surface area contributed by atoms with E-state index in [4.69, 9.17) is 4.74 Å². The van der Waals surface area contributed by atoms with E-state index in [0.29, 0.717) is 5.75 Å². The highest BCUT2D eigenvalue weighted by molar-refractivity contribution is 9.10. The normalized spacial score (nSPS) is 17.3. The molecule has 0 N–H and O–H groups in total. The number of halogens is 1. The van der Waals surface area contributed by atoms with Crippen molar-refractivity contribution >= 4 is 21.8 Å². The summed E-state index contributed by atoms with van der Waals surface area (Å²) in [6, 6.07) is 16.0. The van der Waals surface area contributed by atoms with E-state index in [0.717, 1.165) is 23.9 Å². The highest BCUT2D eigenvalue weighted by atomic mass is 79.9. The van der Waals surface area contributed by atoms with Crippen molar-refractivity contribution in [2.45, 2.75) is 25.8 Å². The molecule has 3 rings (SSSR count). The van der Waals surface area contributed by atoms with Crippen LogP contribution >= 0.6 is 15.9 Å². The van der Waals surface area contributed by atoms with Crippen LogP contribution in [0, 0.1) is 6.92 Å². The third-order valence-electron chi connectivity index (χ3n) is 4.30. The first-order valence-electron chi connectivity index (χ1n) is 7.88. The molecule has 1 aliphatic rings. The van der Waals surface area contributed by atoms with Crippen molar-refractivity contribution in [2.75, 3.05) is 13.2 Å². The minimum absolute atomic E-state index is 0.0543. The second-order valence-corrected chi connectivity index (χ2v) is 6.76. The van der Waals surface area contributed by atoms with Crippen LogP contribution in [-0.2, 0) is 4.79 Å². The Kier molecular flexibility index (Phi) is 5.01. The number of amides is 1. The van der Waals surface area contributed by atoms with Gasteiger partial charge in [-0.05, 0) is 55.2 Å². The number of aryl methyl sites for hydroxylation is 1. The molecule has 2 aromatic carbocycles. The van der Waals surface area contributed by atoms with Crippen molar-refractivity contribution in [3.8, 4) is 5.75 Å². The molecule has 1 amide bonds. The molecule has 23 heavy (non-hydrogen) atoms. The van der Waals surface area contributed by atoms with Crippen LogP contribution < -0.4 is 4.74 Å². The molecule has 1 atom stereocenters. The molecule has 0 saturated carbocycles. The van der Waals surface area contributed by atoms with Crippen LogP contribution in [0.3, 0.4) is 0 Å². The molecule has 0 spiro atoms. The fourth-order valence-electron chi connectivity index (χ4n) is 3.11. The molecule has 1 fully saturated rings. The minimum Gasteiger partial charge on any atom is -0.484 e. The lowest BCUT2D eigenvalue weighted by Crippen LogP contribution is -2.34. The standard InChI is InChI=1S/C19H20BrNO2/c1-14-5-2-3-6-17(14)18-7-4-12-21(18)19(22)13-23-16-10-8-15(20)9-11-16/h2-3,5-6,8-11,18H,4,7,12-13H2,1H3. The van der Waals surface area contributed by atoms with Gasteiger partial charge in [-0.15, -0.1) is 0 Å². The quantitative estimate of drug-likeness (QED) is 0.789. The number of carbonyl (C=O) groups is 1. The van der Waals surface area contributed by atoms with Gasteiger partial charge in [0.25, 0.3) is 5.91 Å². The van der Waals surface area contributed by atoms with Gasteiger partial charge in [0.05, 0.1) is 6.04 Å². The number of hydrogen-bond donors (Lipinski definition) is 0. The highest BCUT2D eigenvalue weighted by Crippen LogP contribution is 2.33. The number of nitrogens with zero attached hydrogens (tertiary/aromatic N) is 1. The van der Waals surface area contributed by atoms with Crippen LogP contribution in [0.15, 0.2) is 53.0 Å². The molecule has 120 valence electrons. The number of likely N-dealkylation sites (tertiary alicyclic amines) is 1. The Morgan fingerprint density at radius 2 is 1.96 bits per heavy atom. The summed E-state index contributed by atoms with van der Waals surface area (Å²) in [5.41, 5.74) is 2.49. The molecule has 1 saturated heterocycles. The smallest absolute Gasteiger partial charge is 0.261 e. The highest BCUT2D eigenvalue weighted by Gasteiger charge is 2.30. The maximum atomic E-state index is 12.6. The lowest BCUT2D eigenvalue weighted by Gasteiger charge is -2.26. The van der Waals surface area contributed by atoms with Crippen LogP contribution in [-0.4, -0.2) is 24.0 Å². The Hall–Kier alpha value is -1.81. The lowest BCUT2D eigenvalue weighted by molar-refractivity contribution is -0.134. The number of ether oxygens (including phenoxy) is 1. The van der Waals surface area contributed by atoms with Crippen LogP contribution in [0.1, 0.15) is 30.0 Å². The summed E-state index contributed by atoms with van der Waals surface area (Å²) >= 11 is 3.39. The van der Waals surface area contributed by atoms with Gasteiger partial charge in [0, 0.05) is 11.0 Å². The second-order valence-electron chi connectivity index (χ2n) is 5.84. The zero-order chi connectivity index (χ0) is 16.2. The molecule has 3 nitrogen and oxygen atoms in total. The zero-order valence-corrected chi connectivity index (χ0v) is 14.8. The first-order valence-corrected chi connectivity index (χ1v) is 8.68. The summed E-state index contributed by atoms with van der Waals surface area (Å²) in [5, 5.41) is 0. The number of benzene rings is 2. The summed E-state index contributed by atoms with van der Waals surface area (Å²) in [7, 11) is 0. The Morgan fingerprint density at radius 1 is 1.22 bits per heavy atom. The Labute approximate surface area is 145 Å². The van der Waals surface area contributed by atoms with Crippen molar-refractivity contribution in [1.82, 2.24) is 4.90 Å². The van der Waals surface area contributed by atoms with Gasteiger partial charge in [-0.3, -0.25) is 4.79 Å². The van der Waals surface area contributed by atoms with Crippen LogP contribution in [0.25, 0.3) is 0 Å². The van der Waals surface area contributed by atoms with Gasteiger partial charge < -0.3 is 9.64 Å². The van der Waals surface area contributed by atoms with E-state index >= 15 is 0 Å². The molecule has 1 aliphatic heterocycles. The third kappa shape index (κ3) is 3.75. The minimum atomic E-state index is 0.0543. The average Bonchev–Trinajstić information content (AvgIpc) is 3.04. The van der Waals surface area contributed by atoms with E-state index in [2.05, 4.69) is 35.0 Å². The van der Waals surface area contributed by atoms with E-state index in [1.165, 1.54) is 11.1 Å². The molecule has 4 heteroatoms. The Morgan fingerprint density at radius 3 is 2.70 bits per heavy atom. The first-order chi connectivity index (χ1) is 11.1. The van der Waals surface area contributed by atoms with Crippen LogP contribution in [0.5, 0.6) is 5.75 Å². The first kappa shape index (κ1) is 16.1. The van der Waals surface area contributed by atoms with Gasteiger partial charge in [-0.25, -0.2) is 0 Å². The maximum absolute atomic E-state index is 12.6. The maximum Gasteiger partial charge on any atom is 0.261 e. The van der Waals surface area contributed by atoms with Gasteiger partial charge in [-0.1, -0.05) is 40.2 Å². The van der Waals surface area contributed by atoms with Crippen molar-refractivity contribution in [3.05, 3.63) is 64.1 Å². The van der Waals surface area contributed by atoms with Gasteiger partial charge in [-0.2, -0.15) is 0 Å².